The Hall–Kier alpha value is -4.71. The van der Waals surface area contributed by atoms with Crippen LogP contribution < -0.4 is 20.7 Å². The molecule has 0 saturated carbocycles. The minimum atomic E-state index is -1.46. The summed E-state index contributed by atoms with van der Waals surface area (Å²) < 4.78 is 26.2. The molecule has 0 unspecified atom stereocenters. The number of hydrogen-bond donors (Lipinski definition) is 2. The predicted molar refractivity (Wildman–Crippen MR) is 231 cm³/mol. The van der Waals surface area contributed by atoms with Gasteiger partial charge in [0.15, 0.2) is 6.23 Å². The Kier molecular flexibility index (Phi) is 17.4. The summed E-state index contributed by atoms with van der Waals surface area (Å²) >= 11 is 0. The van der Waals surface area contributed by atoms with E-state index in [-0.39, 0.29) is 25.6 Å². The summed E-state index contributed by atoms with van der Waals surface area (Å²) in [4.78, 5) is 43.7. The smallest absolute Gasteiger partial charge is 0.330 e. The van der Waals surface area contributed by atoms with Crippen LogP contribution in [0.15, 0.2) is 94.6 Å². The van der Waals surface area contributed by atoms with Crippen molar-refractivity contribution in [3.8, 4) is 11.5 Å². The average Bonchev–Trinajstić information content (AvgIpc) is 3.27. The van der Waals surface area contributed by atoms with E-state index in [1.165, 1.54) is 68.6 Å². The first-order valence-electron chi connectivity index (χ1n) is 21.6. The van der Waals surface area contributed by atoms with Gasteiger partial charge in [-0.15, -0.1) is 0 Å². The average molecular weight is 812 g/mol. The number of nitrogens with one attached hydrogen (secondary N) is 1. The van der Waals surface area contributed by atoms with E-state index in [4.69, 9.17) is 18.9 Å². The Balaban J connectivity index is 1.38. The number of aliphatic hydroxyl groups excluding tert-OH is 1. The number of hydrogen-bond acceptors (Lipinski definition) is 8. The number of rotatable bonds is 24. The fourth-order valence-electron chi connectivity index (χ4n) is 8.08. The van der Waals surface area contributed by atoms with Crippen molar-refractivity contribution in [2.75, 3.05) is 40.5 Å². The highest BCUT2D eigenvalue weighted by Crippen LogP contribution is 2.43. The lowest BCUT2D eigenvalue weighted by atomic mass is 9.79. The zero-order valence-electron chi connectivity index (χ0n) is 35.6. The van der Waals surface area contributed by atoms with Crippen molar-refractivity contribution in [2.24, 2.45) is 0 Å². The topological polar surface area (TPSA) is 132 Å². The van der Waals surface area contributed by atoms with E-state index in [0.717, 1.165) is 42.4 Å². The van der Waals surface area contributed by atoms with Gasteiger partial charge in [0.05, 0.1) is 40.5 Å². The number of H-pyrrole nitrogens is 1. The van der Waals surface area contributed by atoms with Crippen LogP contribution in [-0.2, 0) is 19.9 Å². The molecule has 1 amide bonds. The molecule has 0 spiro atoms. The van der Waals surface area contributed by atoms with Crippen LogP contribution in [0.4, 0.5) is 0 Å². The van der Waals surface area contributed by atoms with Gasteiger partial charge in [-0.1, -0.05) is 139 Å². The summed E-state index contributed by atoms with van der Waals surface area (Å²) in [5.41, 5.74) is -1.14. The molecule has 1 aromatic heterocycles. The number of unbranched alkanes of at least 4 members (excludes halogenated alkanes) is 12. The molecule has 5 rings (SSSR count). The molecule has 1 fully saturated rings. The first kappa shape index (κ1) is 45.4. The van der Waals surface area contributed by atoms with Gasteiger partial charge in [0.1, 0.15) is 22.7 Å². The number of aromatic amines is 1. The summed E-state index contributed by atoms with van der Waals surface area (Å²) in [6.45, 7) is 3.26. The Morgan fingerprint density at radius 2 is 1.29 bits per heavy atom. The highest BCUT2D eigenvalue weighted by atomic mass is 16.6. The number of amides is 1. The molecule has 3 aromatic carbocycles. The highest BCUT2D eigenvalue weighted by Gasteiger charge is 2.47. The first-order valence-corrected chi connectivity index (χ1v) is 21.6. The number of carbonyl (C=O) groups excluding carboxylic acids is 1. The fraction of sp³-hybridized carbons (Fsp3) is 0.521. The number of nitrogens with zero attached hydrogens (tertiary/aromatic N) is 2. The van der Waals surface area contributed by atoms with Crippen molar-refractivity contribution < 1.29 is 28.8 Å². The maximum atomic E-state index is 14.1. The maximum Gasteiger partial charge on any atom is 0.330 e. The van der Waals surface area contributed by atoms with E-state index in [2.05, 4.69) is 11.9 Å². The van der Waals surface area contributed by atoms with Crippen LogP contribution in [0.2, 0.25) is 0 Å². The quantitative estimate of drug-likeness (QED) is 0.0533. The molecule has 2 N–H and O–H groups in total. The van der Waals surface area contributed by atoms with Gasteiger partial charge >= 0.3 is 5.69 Å². The normalized spacial score (nSPS) is 16.9. The Labute approximate surface area is 349 Å². The first-order chi connectivity index (χ1) is 28.7. The van der Waals surface area contributed by atoms with Crippen LogP contribution in [0, 0.1) is 6.92 Å². The number of aliphatic hydroxyl groups is 1. The number of ether oxygens (including phenoxy) is 4. The minimum absolute atomic E-state index is 0.0322. The Morgan fingerprint density at radius 3 is 1.80 bits per heavy atom. The van der Waals surface area contributed by atoms with Crippen molar-refractivity contribution >= 4 is 5.91 Å². The van der Waals surface area contributed by atoms with E-state index < -0.39 is 35.3 Å². The maximum absolute atomic E-state index is 14.1. The van der Waals surface area contributed by atoms with Gasteiger partial charge in [0.25, 0.3) is 5.56 Å². The number of carbonyl (C=O) groups is 1. The number of aryl methyl sites for hydroxylation is 1. The van der Waals surface area contributed by atoms with E-state index in [1.54, 1.807) is 26.0 Å². The molecule has 0 radical (unpaired) electrons. The van der Waals surface area contributed by atoms with Gasteiger partial charge < -0.3 is 29.0 Å². The highest BCUT2D eigenvalue weighted by molar-refractivity contribution is 5.76. The Morgan fingerprint density at radius 1 is 0.780 bits per heavy atom. The summed E-state index contributed by atoms with van der Waals surface area (Å²) in [6.07, 6.45) is 16.5. The van der Waals surface area contributed by atoms with Crippen molar-refractivity contribution in [3.63, 3.8) is 0 Å². The van der Waals surface area contributed by atoms with Crippen molar-refractivity contribution in [3.05, 3.63) is 128 Å². The van der Waals surface area contributed by atoms with Gasteiger partial charge in [-0.25, -0.2) is 4.79 Å². The zero-order chi connectivity index (χ0) is 42.1. The predicted octanol–water partition coefficient (Wildman–Crippen LogP) is 8.44. The van der Waals surface area contributed by atoms with Gasteiger partial charge in [-0.3, -0.25) is 19.1 Å². The lowest BCUT2D eigenvalue weighted by Gasteiger charge is -2.47. The third-order valence-corrected chi connectivity index (χ3v) is 11.6. The van der Waals surface area contributed by atoms with Crippen molar-refractivity contribution in [2.45, 2.75) is 121 Å². The third kappa shape index (κ3) is 12.0. The van der Waals surface area contributed by atoms with Gasteiger partial charge in [0.2, 0.25) is 5.91 Å². The summed E-state index contributed by atoms with van der Waals surface area (Å²) in [5.74, 6) is 1.26. The number of morpholine rings is 1. The SMILES string of the molecule is CCCCCCCCCCCCCCCC(=O)N1C[C@H](n2cc(C)c(=O)[nH]c2=O)O[C@](CO)(COC(c2ccccc2)(c2ccc(OC)cc2)c2ccc(OC)cc2)C1. The van der Waals surface area contributed by atoms with Gasteiger partial charge in [-0.2, -0.15) is 0 Å². The molecule has 0 aliphatic carbocycles. The molecule has 11 heteroatoms. The molecule has 1 aliphatic heterocycles. The second-order valence-corrected chi connectivity index (χ2v) is 16.0. The molecule has 11 nitrogen and oxygen atoms in total. The van der Waals surface area contributed by atoms with E-state index in [1.807, 2.05) is 78.9 Å². The van der Waals surface area contributed by atoms with Crippen LogP contribution in [0.1, 0.15) is 125 Å². The molecular formula is C48H65N3O8. The number of methoxy groups -OCH3 is 2. The lowest BCUT2D eigenvalue weighted by Crippen LogP contribution is -2.61. The second-order valence-electron chi connectivity index (χ2n) is 16.0. The molecular weight excluding hydrogens is 747 g/mol. The molecule has 0 bridgehead atoms. The standard InChI is InChI=1S/C48H65N3O8/c1-5-6-7-8-9-10-11-12-13-14-15-16-20-23-43(53)50-33-44(51-32-37(2)45(54)49-46(51)55)59-47(34-50,35-52)36-58-48(38-21-18-17-19-22-38,39-24-28-41(56-3)29-25-39)40-26-30-42(57-4)31-27-40/h17-19,21-22,24-32,44,52H,5-16,20,23,33-36H2,1-4H3,(H,49,54,55)/t44-,47-/m1/s1. The van der Waals surface area contributed by atoms with Gasteiger partial charge in [-0.05, 0) is 54.3 Å². The fourth-order valence-corrected chi connectivity index (χ4v) is 8.08. The van der Waals surface area contributed by atoms with E-state index in [0.29, 0.717) is 23.5 Å². The van der Waals surface area contributed by atoms with Crippen LogP contribution in [0.5, 0.6) is 11.5 Å². The summed E-state index contributed by atoms with van der Waals surface area (Å²) in [7, 11) is 3.23. The molecule has 4 aromatic rings. The molecule has 2 atom stereocenters. The molecule has 59 heavy (non-hydrogen) atoms. The van der Waals surface area contributed by atoms with E-state index in [9.17, 15) is 19.5 Å². The molecule has 1 saturated heterocycles. The van der Waals surface area contributed by atoms with Crippen molar-refractivity contribution in [1.29, 1.82) is 0 Å². The molecule has 2 heterocycles. The van der Waals surface area contributed by atoms with Crippen molar-refractivity contribution in [1.82, 2.24) is 14.5 Å². The second kappa shape index (κ2) is 22.6. The van der Waals surface area contributed by atoms with Gasteiger partial charge in [0, 0.05) is 18.2 Å². The summed E-state index contributed by atoms with van der Waals surface area (Å²) in [6, 6.07) is 25.1. The monoisotopic (exact) mass is 811 g/mol. The molecule has 1 aliphatic rings. The molecule has 320 valence electrons. The zero-order valence-corrected chi connectivity index (χ0v) is 35.6. The van der Waals surface area contributed by atoms with Crippen LogP contribution >= 0.6 is 0 Å². The number of aromatic nitrogens is 2. The number of benzene rings is 3. The van der Waals surface area contributed by atoms with E-state index >= 15 is 0 Å². The minimum Gasteiger partial charge on any atom is -0.497 e. The summed E-state index contributed by atoms with van der Waals surface area (Å²) in [5, 5.41) is 11.3. The third-order valence-electron chi connectivity index (χ3n) is 11.6. The van der Waals surface area contributed by atoms with Crippen LogP contribution in [-0.4, -0.2) is 71.6 Å². The lowest BCUT2D eigenvalue weighted by molar-refractivity contribution is -0.230. The van der Waals surface area contributed by atoms with Crippen LogP contribution in [0.25, 0.3) is 0 Å². The van der Waals surface area contributed by atoms with Crippen LogP contribution in [0.3, 0.4) is 0 Å². The largest absolute Gasteiger partial charge is 0.497 e. The Bertz CT molecular complexity index is 1930.